The number of imide groups is 2. The van der Waals surface area contributed by atoms with E-state index in [1.165, 1.54) is 35.2 Å². The summed E-state index contributed by atoms with van der Waals surface area (Å²) in [7, 11) is 0. The van der Waals surface area contributed by atoms with Crippen LogP contribution in [-0.4, -0.2) is 39.5 Å². The number of hydrazine groups is 1. The third-order valence-corrected chi connectivity index (χ3v) is 13.5. The van der Waals surface area contributed by atoms with Gasteiger partial charge in [-0.3, -0.25) is 34.3 Å². The van der Waals surface area contributed by atoms with E-state index >= 15 is 9.59 Å². The number of ether oxygens (including phenoxy) is 1. The van der Waals surface area contributed by atoms with Crippen LogP contribution in [0, 0.1) is 29.5 Å². The lowest BCUT2D eigenvalue weighted by Crippen LogP contribution is -2.53. The maximum Gasteiger partial charge on any atom is 0.260 e. The number of carbonyl (C=O) groups is 5. The highest BCUT2D eigenvalue weighted by molar-refractivity contribution is 6.30. The first-order chi connectivity index (χ1) is 31.0. The van der Waals surface area contributed by atoms with E-state index in [-0.39, 0.29) is 36.7 Å². The second-order valence-electron chi connectivity index (χ2n) is 16.6. The van der Waals surface area contributed by atoms with Gasteiger partial charge >= 0.3 is 0 Å². The van der Waals surface area contributed by atoms with Crippen LogP contribution < -0.4 is 15.1 Å². The van der Waals surface area contributed by atoms with Gasteiger partial charge in [-0.15, -0.1) is 0 Å². The number of phenols is 1. The largest absolute Gasteiger partial charge is 0.508 e. The lowest BCUT2D eigenvalue weighted by molar-refractivity contribution is -0.138. The van der Waals surface area contributed by atoms with E-state index in [1.807, 2.05) is 42.5 Å². The van der Waals surface area contributed by atoms with Crippen molar-refractivity contribution in [1.82, 2.24) is 5.01 Å². The van der Waals surface area contributed by atoms with Crippen molar-refractivity contribution in [3.05, 3.63) is 202 Å². The van der Waals surface area contributed by atoms with Crippen molar-refractivity contribution in [3.8, 4) is 11.5 Å². The summed E-state index contributed by atoms with van der Waals surface area (Å²) in [5.74, 6) is -7.18. The molecular formula is C52H39ClFN3O7. The summed E-state index contributed by atoms with van der Waals surface area (Å²) in [5, 5.41) is 13.5. The molecule has 2 heterocycles. The molecule has 2 aliphatic carbocycles. The van der Waals surface area contributed by atoms with E-state index in [4.69, 9.17) is 16.3 Å². The van der Waals surface area contributed by atoms with E-state index in [0.717, 1.165) is 10.6 Å². The molecule has 2 saturated heterocycles. The highest BCUT2D eigenvalue weighted by Crippen LogP contribution is 2.65. The number of benzene rings is 6. The summed E-state index contributed by atoms with van der Waals surface area (Å²) in [5.41, 5.74) is 5.06. The number of halogens is 2. The Hall–Kier alpha value is -7.37. The molecule has 6 atom stereocenters. The number of aromatic hydroxyl groups is 1. The Morgan fingerprint density at radius 1 is 0.766 bits per heavy atom. The maximum absolute atomic E-state index is 15.5. The van der Waals surface area contributed by atoms with Gasteiger partial charge in [0.1, 0.15) is 23.9 Å². The Morgan fingerprint density at radius 3 is 2.12 bits per heavy atom. The fourth-order valence-electron chi connectivity index (χ4n) is 10.4. The molecule has 4 aliphatic rings. The number of nitrogens with zero attached hydrogens (tertiary/aromatic N) is 2. The van der Waals surface area contributed by atoms with Gasteiger partial charge in [-0.05, 0) is 96.6 Å². The van der Waals surface area contributed by atoms with Gasteiger partial charge in [-0.1, -0.05) is 102 Å². The number of ketones is 1. The number of amides is 4. The summed E-state index contributed by atoms with van der Waals surface area (Å²) in [6, 6.07) is 41.5. The van der Waals surface area contributed by atoms with E-state index in [9.17, 15) is 23.9 Å². The van der Waals surface area contributed by atoms with Crippen LogP contribution in [-0.2, 0) is 31.2 Å². The van der Waals surface area contributed by atoms with Crippen molar-refractivity contribution >= 4 is 52.4 Å². The zero-order valence-electron chi connectivity index (χ0n) is 34.1. The van der Waals surface area contributed by atoms with Crippen molar-refractivity contribution in [1.29, 1.82) is 0 Å². The van der Waals surface area contributed by atoms with Crippen molar-refractivity contribution in [2.24, 2.45) is 23.7 Å². The summed E-state index contributed by atoms with van der Waals surface area (Å²) >= 11 is 6.43. The molecule has 1 saturated carbocycles. The quantitative estimate of drug-likeness (QED) is 0.0792. The Morgan fingerprint density at radius 2 is 1.44 bits per heavy atom. The molecule has 12 heteroatoms. The third-order valence-electron chi connectivity index (χ3n) is 13.2. The van der Waals surface area contributed by atoms with Gasteiger partial charge in [0, 0.05) is 33.7 Å². The lowest BCUT2D eigenvalue weighted by Gasteiger charge is -2.50. The van der Waals surface area contributed by atoms with Crippen LogP contribution in [0.5, 0.6) is 11.5 Å². The molecule has 0 aromatic heterocycles. The Balaban J connectivity index is 1.08. The fraction of sp³-hybridized carbons (Fsp3) is 0.173. The van der Waals surface area contributed by atoms with Crippen LogP contribution >= 0.6 is 11.6 Å². The van der Waals surface area contributed by atoms with Crippen molar-refractivity contribution in [3.63, 3.8) is 0 Å². The second kappa shape index (κ2) is 16.1. The van der Waals surface area contributed by atoms with Crippen molar-refractivity contribution in [2.45, 2.75) is 30.8 Å². The molecule has 6 aromatic rings. The monoisotopic (exact) mass is 871 g/mol. The number of allylic oxidation sites excluding steroid dienone is 2. The third kappa shape index (κ3) is 6.66. The second-order valence-corrected chi connectivity index (χ2v) is 17.1. The Bertz CT molecular complexity index is 2870. The number of nitrogens with one attached hydrogen (secondary N) is 1. The summed E-state index contributed by atoms with van der Waals surface area (Å²) in [6.45, 7) is 0.228. The first-order valence-corrected chi connectivity index (χ1v) is 21.4. The molecule has 2 N–H and O–H groups in total. The molecule has 0 spiro atoms. The standard InChI is InChI=1S/C52H39ClFN3O7/c53-34-15-13-33(14-16-34)52-43(49(61)57(51(52)63)55-36-19-17-35(54)18-20-36)28-42-39(46(52)40-24-23-38(27-44(40)58)64-29-30-7-3-1-4-8-30)25-26-41-45(42)50(62)56(48(41)60)37-21-11-32(12-22-37)47(59)31-9-5-2-6-10-31/h1-25,27,41-43,45-46,55,58H,26,28-29H2/t41-,42+,43-,45-,46+,52+/m0/s1. The highest BCUT2D eigenvalue weighted by atomic mass is 35.5. The smallest absolute Gasteiger partial charge is 0.260 e. The normalized spacial score (nSPS) is 23.6. The van der Waals surface area contributed by atoms with Gasteiger partial charge in [-0.25, -0.2) is 4.39 Å². The SMILES string of the molecule is O=C(c1ccccc1)c1ccc(N2C(=O)[C@H]3[C@H](CC=C4[C@H]3C[C@H]3C(=O)N(Nc5ccc(F)cc5)C(=O)[C@@]3(c3ccc(Cl)cc3)[C@H]4c3ccc(OCc4ccccc4)cc3O)C2=O)cc1. The molecular weight excluding hydrogens is 833 g/mol. The number of fused-ring (bicyclic) bond motifs is 4. The van der Waals surface area contributed by atoms with Crippen LogP contribution in [0.1, 0.15) is 51.4 Å². The average molecular weight is 872 g/mol. The predicted octanol–water partition coefficient (Wildman–Crippen LogP) is 9.18. The Labute approximate surface area is 372 Å². The first-order valence-electron chi connectivity index (χ1n) is 21.0. The van der Waals surface area contributed by atoms with Gasteiger partial charge < -0.3 is 9.84 Å². The maximum atomic E-state index is 15.5. The molecule has 3 fully saturated rings. The number of carbonyl (C=O) groups excluding carboxylic acids is 5. The van der Waals surface area contributed by atoms with Crippen LogP contribution in [0.4, 0.5) is 15.8 Å². The van der Waals surface area contributed by atoms with Crippen LogP contribution in [0.25, 0.3) is 0 Å². The zero-order valence-corrected chi connectivity index (χ0v) is 34.8. The molecule has 318 valence electrons. The molecule has 6 aromatic carbocycles. The van der Waals surface area contributed by atoms with Crippen molar-refractivity contribution in [2.75, 3.05) is 10.3 Å². The van der Waals surface area contributed by atoms with Crippen LogP contribution in [0.3, 0.4) is 0 Å². The number of hydrogen-bond donors (Lipinski definition) is 2. The summed E-state index contributed by atoms with van der Waals surface area (Å²) < 4.78 is 20.1. The summed E-state index contributed by atoms with van der Waals surface area (Å²) in [6.07, 6.45) is 2.06. The van der Waals surface area contributed by atoms with E-state index in [1.54, 1.807) is 84.9 Å². The molecule has 10 rings (SSSR count). The van der Waals surface area contributed by atoms with E-state index in [2.05, 4.69) is 5.43 Å². The minimum atomic E-state index is -1.69. The summed E-state index contributed by atoms with van der Waals surface area (Å²) in [4.78, 5) is 74.2. The van der Waals surface area contributed by atoms with E-state index in [0.29, 0.717) is 44.3 Å². The molecule has 2 aliphatic heterocycles. The molecule has 4 amide bonds. The topological polar surface area (TPSA) is 133 Å². The minimum absolute atomic E-state index is 0.00864. The number of hydrogen-bond acceptors (Lipinski definition) is 8. The first kappa shape index (κ1) is 40.7. The number of rotatable bonds is 10. The molecule has 0 bridgehead atoms. The minimum Gasteiger partial charge on any atom is -0.508 e. The van der Waals surface area contributed by atoms with Gasteiger partial charge in [0.2, 0.25) is 11.8 Å². The number of anilines is 2. The fourth-order valence-corrected chi connectivity index (χ4v) is 10.5. The highest BCUT2D eigenvalue weighted by Gasteiger charge is 2.70. The molecule has 0 radical (unpaired) electrons. The van der Waals surface area contributed by atoms with E-state index < -0.39 is 64.5 Å². The number of phenolic OH excluding ortho intramolecular Hbond substituents is 1. The van der Waals surface area contributed by atoms with Crippen LogP contribution in [0.2, 0.25) is 5.02 Å². The van der Waals surface area contributed by atoms with Gasteiger partial charge in [0.15, 0.2) is 5.78 Å². The average Bonchev–Trinajstić information content (AvgIpc) is 3.70. The van der Waals surface area contributed by atoms with Gasteiger partial charge in [0.25, 0.3) is 11.8 Å². The Kier molecular flexibility index (Phi) is 10.2. The van der Waals surface area contributed by atoms with Crippen LogP contribution in [0.15, 0.2) is 163 Å². The van der Waals surface area contributed by atoms with Gasteiger partial charge in [-0.2, -0.15) is 5.01 Å². The molecule has 0 unspecified atom stereocenters. The molecule has 10 nitrogen and oxygen atoms in total. The van der Waals surface area contributed by atoms with Gasteiger partial charge in [0.05, 0.1) is 34.5 Å². The zero-order chi connectivity index (χ0) is 44.3. The molecule has 64 heavy (non-hydrogen) atoms. The van der Waals surface area contributed by atoms with Crippen molar-refractivity contribution < 1.29 is 38.2 Å². The predicted molar refractivity (Wildman–Crippen MR) is 237 cm³/mol. The lowest BCUT2D eigenvalue weighted by atomic mass is 9.49.